The van der Waals surface area contributed by atoms with E-state index in [0.717, 1.165) is 10.0 Å². The summed E-state index contributed by atoms with van der Waals surface area (Å²) in [4.78, 5) is 10.8. The number of hydrogen-bond donors (Lipinski definition) is 1. The quantitative estimate of drug-likeness (QED) is 0.869. The van der Waals surface area contributed by atoms with E-state index in [1.807, 2.05) is 18.2 Å². The average molecular weight is 356 g/mol. The predicted molar refractivity (Wildman–Crippen MR) is 81.3 cm³/mol. The van der Waals surface area contributed by atoms with Crippen LogP contribution in [0.4, 0.5) is 0 Å². The van der Waals surface area contributed by atoms with Crippen LogP contribution in [0.1, 0.15) is 11.1 Å². The lowest BCUT2D eigenvalue weighted by molar-refractivity contribution is -0.136. The van der Waals surface area contributed by atoms with Gasteiger partial charge in [-0.1, -0.05) is 45.7 Å². The van der Waals surface area contributed by atoms with Crippen LogP contribution in [0.3, 0.4) is 0 Å². The molecule has 0 bridgehead atoms. The molecule has 0 aromatic heterocycles. The number of carboxylic acid groups (broad SMARTS) is 1. The molecule has 0 aliphatic carbocycles. The first-order chi connectivity index (χ1) is 9.56. The van der Waals surface area contributed by atoms with E-state index in [4.69, 9.17) is 21.4 Å². The zero-order valence-electron chi connectivity index (χ0n) is 10.5. The van der Waals surface area contributed by atoms with E-state index >= 15 is 0 Å². The van der Waals surface area contributed by atoms with Crippen LogP contribution >= 0.6 is 27.5 Å². The van der Waals surface area contributed by atoms with Crippen LogP contribution in [0.15, 0.2) is 46.9 Å². The molecule has 0 aliphatic rings. The highest BCUT2D eigenvalue weighted by molar-refractivity contribution is 9.10. The van der Waals surface area contributed by atoms with Crippen molar-refractivity contribution in [3.8, 4) is 5.75 Å². The zero-order chi connectivity index (χ0) is 14.5. The van der Waals surface area contributed by atoms with Crippen LogP contribution in [0.5, 0.6) is 5.75 Å². The van der Waals surface area contributed by atoms with Crippen LogP contribution in [0, 0.1) is 0 Å². The van der Waals surface area contributed by atoms with E-state index in [2.05, 4.69) is 15.9 Å². The summed E-state index contributed by atoms with van der Waals surface area (Å²) < 4.78 is 6.61. The van der Waals surface area contributed by atoms with Crippen molar-refractivity contribution in [2.45, 2.75) is 13.0 Å². The first-order valence-electron chi connectivity index (χ1n) is 5.92. The number of hydrogen-bond acceptors (Lipinski definition) is 2. The molecular weight excluding hydrogens is 344 g/mol. The Morgan fingerprint density at radius 1 is 1.20 bits per heavy atom. The van der Waals surface area contributed by atoms with Gasteiger partial charge in [0.1, 0.15) is 12.4 Å². The van der Waals surface area contributed by atoms with E-state index in [-0.39, 0.29) is 6.42 Å². The highest BCUT2D eigenvalue weighted by atomic mass is 79.9. The van der Waals surface area contributed by atoms with Gasteiger partial charge >= 0.3 is 5.97 Å². The molecule has 2 aromatic carbocycles. The number of halogens is 2. The summed E-state index contributed by atoms with van der Waals surface area (Å²) >= 11 is 9.37. The minimum atomic E-state index is -0.884. The zero-order valence-corrected chi connectivity index (χ0v) is 12.8. The number of aliphatic carboxylic acids is 1. The van der Waals surface area contributed by atoms with Crippen molar-refractivity contribution in [1.29, 1.82) is 0 Å². The molecule has 3 nitrogen and oxygen atoms in total. The molecule has 0 spiro atoms. The molecule has 2 rings (SSSR count). The van der Waals surface area contributed by atoms with Crippen molar-refractivity contribution in [1.82, 2.24) is 0 Å². The number of para-hydroxylation sites is 1. The van der Waals surface area contributed by atoms with Gasteiger partial charge in [0, 0.05) is 20.6 Å². The Balaban J connectivity index is 2.14. The summed E-state index contributed by atoms with van der Waals surface area (Å²) in [5.74, 6) is -0.313. The lowest BCUT2D eigenvalue weighted by Crippen LogP contribution is -2.04. The first-order valence-corrected chi connectivity index (χ1v) is 7.10. The van der Waals surface area contributed by atoms with E-state index in [0.29, 0.717) is 22.9 Å². The van der Waals surface area contributed by atoms with Gasteiger partial charge < -0.3 is 9.84 Å². The maximum atomic E-state index is 10.8. The van der Waals surface area contributed by atoms with Gasteiger partial charge in [-0.05, 0) is 24.3 Å². The van der Waals surface area contributed by atoms with Crippen molar-refractivity contribution in [2.75, 3.05) is 0 Å². The van der Waals surface area contributed by atoms with Crippen LogP contribution in [-0.2, 0) is 17.8 Å². The van der Waals surface area contributed by atoms with Gasteiger partial charge in [-0.15, -0.1) is 0 Å². The van der Waals surface area contributed by atoms with Crippen molar-refractivity contribution >= 4 is 33.5 Å². The summed E-state index contributed by atoms with van der Waals surface area (Å²) in [6, 6.07) is 12.6. The summed E-state index contributed by atoms with van der Waals surface area (Å²) in [6.45, 7) is 0.317. The number of carbonyl (C=O) groups is 1. The fourth-order valence-corrected chi connectivity index (χ4v) is 2.32. The standard InChI is InChI=1S/C15H12BrClO3/c16-13-6-5-12(17)7-11(13)9-20-14-4-2-1-3-10(14)8-15(18)19/h1-7H,8-9H2,(H,18,19). The van der Waals surface area contributed by atoms with Crippen LogP contribution in [0.25, 0.3) is 0 Å². The molecule has 0 saturated carbocycles. The second-order valence-corrected chi connectivity index (χ2v) is 5.49. The molecule has 0 unspecified atom stereocenters. The van der Waals surface area contributed by atoms with Gasteiger partial charge in [0.05, 0.1) is 6.42 Å². The van der Waals surface area contributed by atoms with Crippen LogP contribution in [0.2, 0.25) is 5.02 Å². The molecule has 0 saturated heterocycles. The maximum absolute atomic E-state index is 10.8. The second-order valence-electron chi connectivity index (χ2n) is 4.20. The predicted octanol–water partition coefficient (Wildman–Crippen LogP) is 4.31. The molecule has 5 heteroatoms. The van der Waals surface area contributed by atoms with Crippen molar-refractivity contribution < 1.29 is 14.6 Å². The van der Waals surface area contributed by atoms with E-state index in [1.165, 1.54) is 0 Å². The Hall–Kier alpha value is -1.52. The van der Waals surface area contributed by atoms with Gasteiger partial charge in [0.15, 0.2) is 0 Å². The second kappa shape index (κ2) is 6.77. The molecule has 0 radical (unpaired) electrons. The van der Waals surface area contributed by atoms with Crippen molar-refractivity contribution in [3.05, 3.63) is 63.1 Å². The average Bonchev–Trinajstić information content (AvgIpc) is 2.41. The summed E-state index contributed by atoms with van der Waals surface area (Å²) in [7, 11) is 0. The third kappa shape index (κ3) is 3.99. The molecular formula is C15H12BrClO3. The normalized spacial score (nSPS) is 10.3. The van der Waals surface area contributed by atoms with Gasteiger partial charge in [-0.3, -0.25) is 4.79 Å². The van der Waals surface area contributed by atoms with Crippen LogP contribution in [-0.4, -0.2) is 11.1 Å². The minimum absolute atomic E-state index is 0.0626. The molecule has 20 heavy (non-hydrogen) atoms. The Kier molecular flexibility index (Phi) is 5.04. The highest BCUT2D eigenvalue weighted by Gasteiger charge is 2.08. The molecule has 0 heterocycles. The van der Waals surface area contributed by atoms with Crippen molar-refractivity contribution in [2.24, 2.45) is 0 Å². The molecule has 1 N–H and O–H groups in total. The fraction of sp³-hybridized carbons (Fsp3) is 0.133. The van der Waals surface area contributed by atoms with Gasteiger partial charge in [0.2, 0.25) is 0 Å². The lowest BCUT2D eigenvalue weighted by Gasteiger charge is -2.11. The molecule has 104 valence electrons. The smallest absolute Gasteiger partial charge is 0.307 e. The number of rotatable bonds is 5. The monoisotopic (exact) mass is 354 g/mol. The largest absolute Gasteiger partial charge is 0.489 e. The van der Waals surface area contributed by atoms with Gasteiger partial charge in [0.25, 0.3) is 0 Å². The third-order valence-corrected chi connectivity index (χ3v) is 3.71. The number of benzene rings is 2. The topological polar surface area (TPSA) is 46.5 Å². The van der Waals surface area contributed by atoms with Crippen molar-refractivity contribution in [3.63, 3.8) is 0 Å². The number of carboxylic acids is 1. The Labute approximate surface area is 130 Å². The molecule has 0 fully saturated rings. The first kappa shape index (κ1) is 14.9. The Morgan fingerprint density at radius 2 is 1.95 bits per heavy atom. The molecule has 0 atom stereocenters. The molecule has 2 aromatic rings. The Bertz CT molecular complexity index is 628. The molecule has 0 amide bonds. The summed E-state index contributed by atoms with van der Waals surface area (Å²) in [6.07, 6.45) is -0.0626. The summed E-state index contributed by atoms with van der Waals surface area (Å²) in [5.41, 5.74) is 1.56. The van der Waals surface area contributed by atoms with Crippen LogP contribution < -0.4 is 4.74 Å². The minimum Gasteiger partial charge on any atom is -0.489 e. The highest BCUT2D eigenvalue weighted by Crippen LogP contribution is 2.24. The van der Waals surface area contributed by atoms with E-state index in [9.17, 15) is 4.79 Å². The maximum Gasteiger partial charge on any atom is 0.307 e. The fourth-order valence-electron chi connectivity index (χ4n) is 1.76. The van der Waals surface area contributed by atoms with E-state index in [1.54, 1.807) is 24.3 Å². The van der Waals surface area contributed by atoms with Gasteiger partial charge in [-0.2, -0.15) is 0 Å². The van der Waals surface area contributed by atoms with E-state index < -0.39 is 5.97 Å². The number of ether oxygens (including phenoxy) is 1. The van der Waals surface area contributed by atoms with Gasteiger partial charge in [-0.25, -0.2) is 0 Å². The third-order valence-electron chi connectivity index (χ3n) is 2.71. The lowest BCUT2D eigenvalue weighted by atomic mass is 10.1. The summed E-state index contributed by atoms with van der Waals surface area (Å²) in [5, 5.41) is 9.51. The SMILES string of the molecule is O=C(O)Cc1ccccc1OCc1cc(Cl)ccc1Br. The molecule has 0 aliphatic heterocycles. The Morgan fingerprint density at radius 3 is 2.70 bits per heavy atom.